The maximum absolute atomic E-state index is 13.0. The minimum atomic E-state index is -4.48. The van der Waals surface area contributed by atoms with Gasteiger partial charge in [-0.25, -0.2) is 4.79 Å². The summed E-state index contributed by atoms with van der Waals surface area (Å²) in [7, 11) is 0. The van der Waals surface area contributed by atoms with E-state index in [0.717, 1.165) is 31.4 Å². The molecule has 1 aliphatic carbocycles. The maximum Gasteiger partial charge on any atom is 0.416 e. The van der Waals surface area contributed by atoms with Gasteiger partial charge in [-0.1, -0.05) is 12.8 Å². The van der Waals surface area contributed by atoms with Crippen LogP contribution in [-0.4, -0.2) is 27.4 Å². The third-order valence-corrected chi connectivity index (χ3v) is 6.19. The number of amides is 2. The van der Waals surface area contributed by atoms with Gasteiger partial charge in [-0.2, -0.15) is 13.2 Å². The van der Waals surface area contributed by atoms with Crippen molar-refractivity contribution in [1.29, 1.82) is 0 Å². The van der Waals surface area contributed by atoms with E-state index in [-0.39, 0.29) is 17.8 Å². The molecule has 0 aromatic heterocycles. The lowest BCUT2D eigenvalue weighted by Crippen LogP contribution is -2.56. The summed E-state index contributed by atoms with van der Waals surface area (Å²) in [5, 5.41) is 5.32. The predicted molar refractivity (Wildman–Crippen MR) is 105 cm³/mol. The molecule has 0 bridgehead atoms. The fourth-order valence-corrected chi connectivity index (χ4v) is 4.02. The van der Waals surface area contributed by atoms with Crippen molar-refractivity contribution in [2.24, 2.45) is 0 Å². The predicted octanol–water partition coefficient (Wildman–Crippen LogP) is 4.50. The van der Waals surface area contributed by atoms with Gasteiger partial charge >= 0.3 is 12.2 Å². The number of urea groups is 1. The fraction of sp³-hybridized carbons (Fsp3) is 0.632. The van der Waals surface area contributed by atoms with E-state index < -0.39 is 33.9 Å². The summed E-state index contributed by atoms with van der Waals surface area (Å²) in [6, 6.07) is 2.47. The summed E-state index contributed by atoms with van der Waals surface area (Å²) in [6.45, 7) is 7.14. The molecule has 1 aliphatic rings. The summed E-state index contributed by atoms with van der Waals surface area (Å²) < 4.78 is 53.9. The molecule has 0 unspecified atom stereocenters. The highest BCUT2D eigenvalue weighted by Gasteiger charge is 2.35. The SMILES string of the molecule is Cc1cc(NC(=O)N[C@H]2CCCC[C@@H]2N[S@+]([O-])C(C)(C)C)cc(C(F)(F)F)c1. The average Bonchev–Trinajstić information content (AvgIpc) is 2.54. The van der Waals surface area contributed by atoms with Gasteiger partial charge in [0.15, 0.2) is 0 Å². The van der Waals surface area contributed by atoms with Gasteiger partial charge in [-0.15, -0.1) is 4.72 Å². The van der Waals surface area contributed by atoms with E-state index >= 15 is 0 Å². The van der Waals surface area contributed by atoms with E-state index in [0.29, 0.717) is 12.0 Å². The van der Waals surface area contributed by atoms with Gasteiger partial charge in [-0.05, 0) is 64.3 Å². The third kappa shape index (κ3) is 6.56. The molecule has 9 heteroatoms. The number of hydrogen-bond acceptors (Lipinski definition) is 3. The first-order valence-electron chi connectivity index (χ1n) is 9.31. The lowest BCUT2D eigenvalue weighted by molar-refractivity contribution is -0.137. The number of hydrogen-bond donors (Lipinski definition) is 3. The number of carbonyl (C=O) groups is 1. The van der Waals surface area contributed by atoms with Crippen molar-refractivity contribution >= 4 is 23.1 Å². The van der Waals surface area contributed by atoms with Gasteiger partial charge in [0.25, 0.3) is 0 Å². The van der Waals surface area contributed by atoms with Gasteiger partial charge in [0.05, 0.1) is 17.6 Å². The summed E-state index contributed by atoms with van der Waals surface area (Å²) in [4.78, 5) is 12.4. The number of rotatable bonds is 4. The van der Waals surface area contributed by atoms with E-state index in [1.54, 1.807) is 6.92 Å². The number of aryl methyl sites for hydroxylation is 1. The van der Waals surface area contributed by atoms with Crippen molar-refractivity contribution in [2.45, 2.75) is 76.4 Å². The minimum Gasteiger partial charge on any atom is -0.598 e. The molecule has 1 saturated carbocycles. The Morgan fingerprint density at radius 2 is 1.71 bits per heavy atom. The summed E-state index contributed by atoms with van der Waals surface area (Å²) >= 11 is -1.27. The zero-order valence-corrected chi connectivity index (χ0v) is 17.4. The fourth-order valence-electron chi connectivity index (χ4n) is 3.11. The van der Waals surface area contributed by atoms with E-state index in [9.17, 15) is 22.5 Å². The molecule has 0 saturated heterocycles. The second-order valence-electron chi connectivity index (χ2n) is 8.18. The van der Waals surface area contributed by atoms with Crippen LogP contribution >= 0.6 is 0 Å². The number of halogens is 3. The Hall–Kier alpha value is -1.45. The van der Waals surface area contributed by atoms with Crippen molar-refractivity contribution in [3.63, 3.8) is 0 Å². The minimum absolute atomic E-state index is 0.0865. The van der Waals surface area contributed by atoms with Crippen LogP contribution < -0.4 is 15.4 Å². The molecule has 3 N–H and O–H groups in total. The molecule has 28 heavy (non-hydrogen) atoms. The van der Waals surface area contributed by atoms with Crippen LogP contribution in [0.1, 0.15) is 57.6 Å². The third-order valence-electron chi connectivity index (χ3n) is 4.56. The second kappa shape index (κ2) is 8.92. The topological polar surface area (TPSA) is 76.2 Å². The normalized spacial score (nSPS) is 21.9. The van der Waals surface area contributed by atoms with E-state index in [1.165, 1.54) is 6.07 Å². The molecule has 3 atom stereocenters. The van der Waals surface area contributed by atoms with Crippen molar-refractivity contribution < 1.29 is 22.5 Å². The first-order valence-corrected chi connectivity index (χ1v) is 10.5. The Bertz CT molecular complexity index is 692. The zero-order valence-electron chi connectivity index (χ0n) is 16.6. The number of nitrogens with one attached hydrogen (secondary N) is 3. The molecule has 2 amide bonds. The molecular formula is C19H28F3N3O2S. The van der Waals surface area contributed by atoms with Crippen LogP contribution in [0.3, 0.4) is 0 Å². The van der Waals surface area contributed by atoms with Gasteiger partial charge in [0.2, 0.25) is 0 Å². The number of alkyl halides is 3. The Labute approximate surface area is 167 Å². The van der Waals surface area contributed by atoms with Crippen LogP contribution in [0.25, 0.3) is 0 Å². The number of carbonyl (C=O) groups excluding carboxylic acids is 1. The molecule has 0 radical (unpaired) electrons. The summed E-state index contributed by atoms with van der Waals surface area (Å²) in [5.74, 6) is 0. The zero-order chi connectivity index (χ0) is 21.1. The van der Waals surface area contributed by atoms with Crippen molar-refractivity contribution in [3.8, 4) is 0 Å². The number of benzene rings is 1. The molecule has 1 aromatic carbocycles. The maximum atomic E-state index is 13.0. The molecule has 158 valence electrons. The van der Waals surface area contributed by atoms with Crippen LogP contribution in [0.5, 0.6) is 0 Å². The van der Waals surface area contributed by atoms with Crippen LogP contribution in [0.4, 0.5) is 23.7 Å². The van der Waals surface area contributed by atoms with Crippen LogP contribution in [0.2, 0.25) is 0 Å². The first kappa shape index (κ1) is 22.8. The molecule has 0 aliphatic heterocycles. The Kier molecular flexibility index (Phi) is 7.27. The monoisotopic (exact) mass is 419 g/mol. The Morgan fingerprint density at radius 3 is 2.29 bits per heavy atom. The standard InChI is InChI=1S/C19H28F3N3O2S/c1-12-9-13(19(20,21)22)11-14(10-12)23-17(26)24-15-7-5-6-8-16(15)25-28(27)18(2,3)4/h9-11,15-16,25H,5-8H2,1-4H3,(H2,23,24,26)/t15-,16-,28+/m0/s1. The quantitative estimate of drug-likeness (QED) is 0.629. The highest BCUT2D eigenvalue weighted by molar-refractivity contribution is 7.90. The van der Waals surface area contributed by atoms with E-state index in [4.69, 9.17) is 0 Å². The lowest BCUT2D eigenvalue weighted by Gasteiger charge is -2.35. The van der Waals surface area contributed by atoms with Crippen molar-refractivity contribution in [3.05, 3.63) is 29.3 Å². The largest absolute Gasteiger partial charge is 0.598 e. The van der Waals surface area contributed by atoms with Crippen molar-refractivity contribution in [2.75, 3.05) is 5.32 Å². The molecule has 2 rings (SSSR count). The first-order chi connectivity index (χ1) is 12.9. The van der Waals surface area contributed by atoms with E-state index in [1.807, 2.05) is 20.8 Å². The Morgan fingerprint density at radius 1 is 1.11 bits per heavy atom. The van der Waals surface area contributed by atoms with Gasteiger partial charge < -0.3 is 15.2 Å². The van der Waals surface area contributed by atoms with Gasteiger partial charge in [0, 0.05) is 17.0 Å². The smallest absolute Gasteiger partial charge is 0.416 e. The summed E-state index contributed by atoms with van der Waals surface area (Å²) in [5.41, 5.74) is -0.313. The molecule has 0 heterocycles. The van der Waals surface area contributed by atoms with Gasteiger partial charge in [0.1, 0.15) is 4.75 Å². The van der Waals surface area contributed by atoms with Crippen LogP contribution in [0, 0.1) is 6.92 Å². The van der Waals surface area contributed by atoms with E-state index in [2.05, 4.69) is 15.4 Å². The summed E-state index contributed by atoms with van der Waals surface area (Å²) in [6.07, 6.45) is -1.10. The molecule has 1 aromatic rings. The molecule has 5 nitrogen and oxygen atoms in total. The highest BCUT2D eigenvalue weighted by Crippen LogP contribution is 2.32. The number of anilines is 1. The lowest BCUT2D eigenvalue weighted by atomic mass is 9.91. The molecular weight excluding hydrogens is 391 g/mol. The average molecular weight is 420 g/mol. The second-order valence-corrected chi connectivity index (χ2v) is 10.2. The molecule has 0 spiro atoms. The molecule has 1 fully saturated rings. The van der Waals surface area contributed by atoms with Crippen LogP contribution in [0.15, 0.2) is 18.2 Å². The van der Waals surface area contributed by atoms with Gasteiger partial charge in [-0.3, -0.25) is 0 Å². The highest BCUT2D eigenvalue weighted by atomic mass is 32.2. The van der Waals surface area contributed by atoms with Crippen molar-refractivity contribution in [1.82, 2.24) is 10.0 Å². The van der Waals surface area contributed by atoms with Crippen LogP contribution in [-0.2, 0) is 17.5 Å². The Balaban J connectivity index is 2.03.